The molecule has 0 atom stereocenters. The summed E-state index contributed by atoms with van der Waals surface area (Å²) >= 11 is 0. The van der Waals surface area contributed by atoms with Crippen LogP contribution in [0.2, 0.25) is 0 Å². The molecule has 0 bridgehead atoms. The van der Waals surface area contributed by atoms with Crippen molar-refractivity contribution in [3.05, 3.63) is 120 Å². The minimum Gasteiger partial charge on any atom is -0.451 e. The average Bonchev–Trinajstić information content (AvgIpc) is 3.31. The Bertz CT molecular complexity index is 1230. The Kier molecular flexibility index (Phi) is 5.89. The lowest BCUT2D eigenvalue weighted by atomic mass is 10.0. The molecule has 3 aromatic carbocycles. The van der Waals surface area contributed by atoms with Crippen LogP contribution in [-0.2, 0) is 6.18 Å². The van der Waals surface area contributed by atoms with E-state index >= 15 is 0 Å². The van der Waals surface area contributed by atoms with Crippen molar-refractivity contribution < 1.29 is 22.4 Å². The molecule has 0 unspecified atom stereocenters. The van der Waals surface area contributed by atoms with Gasteiger partial charge in [-0.3, -0.25) is 4.79 Å². The Morgan fingerprint density at radius 1 is 0.750 bits per heavy atom. The van der Waals surface area contributed by atoms with Crippen LogP contribution in [0.15, 0.2) is 107 Å². The Morgan fingerprint density at radius 2 is 1.34 bits per heavy atom. The number of alkyl halides is 3. The standard InChI is InChI=1S/C25H17F3N2O2/c26-25(27,28)20-13-11-19(12-14-20)23(18-9-5-2-6-10-18)29-30-24(31)22-16-15-21(32-22)17-7-3-1-4-8-17/h1-16H,(H,30,31)/b29-23-. The zero-order chi connectivity index (χ0) is 22.6. The van der Waals surface area contributed by atoms with Crippen molar-refractivity contribution in [2.45, 2.75) is 6.18 Å². The lowest BCUT2D eigenvalue weighted by Gasteiger charge is -2.10. The summed E-state index contributed by atoms with van der Waals surface area (Å²) in [5.41, 5.74) is 3.88. The minimum atomic E-state index is -4.44. The molecule has 0 spiro atoms. The van der Waals surface area contributed by atoms with Gasteiger partial charge in [-0.2, -0.15) is 18.3 Å². The number of benzene rings is 3. The molecule has 0 aliphatic carbocycles. The van der Waals surface area contributed by atoms with Crippen LogP contribution in [0, 0.1) is 0 Å². The highest BCUT2D eigenvalue weighted by atomic mass is 19.4. The lowest BCUT2D eigenvalue weighted by Crippen LogP contribution is -2.20. The van der Waals surface area contributed by atoms with Crippen molar-refractivity contribution in [2.24, 2.45) is 5.10 Å². The summed E-state index contributed by atoms with van der Waals surface area (Å²) in [6, 6.07) is 26.0. The molecule has 0 fully saturated rings. The molecule has 0 saturated carbocycles. The monoisotopic (exact) mass is 434 g/mol. The third kappa shape index (κ3) is 4.78. The van der Waals surface area contributed by atoms with E-state index in [1.807, 2.05) is 30.3 Å². The first-order valence-electron chi connectivity index (χ1n) is 9.68. The molecule has 0 saturated heterocycles. The van der Waals surface area contributed by atoms with Gasteiger partial charge in [-0.1, -0.05) is 72.8 Å². The first-order chi connectivity index (χ1) is 15.4. The molecular weight excluding hydrogens is 417 g/mol. The first kappa shape index (κ1) is 21.1. The van der Waals surface area contributed by atoms with E-state index < -0.39 is 17.6 Å². The van der Waals surface area contributed by atoms with E-state index in [2.05, 4.69) is 10.5 Å². The van der Waals surface area contributed by atoms with Crippen LogP contribution in [-0.4, -0.2) is 11.6 Å². The van der Waals surface area contributed by atoms with Crippen LogP contribution in [0.25, 0.3) is 11.3 Å². The Hall–Kier alpha value is -4.13. The van der Waals surface area contributed by atoms with Crippen LogP contribution < -0.4 is 5.43 Å². The van der Waals surface area contributed by atoms with Gasteiger partial charge in [-0.15, -0.1) is 0 Å². The first-order valence-corrected chi connectivity index (χ1v) is 9.68. The van der Waals surface area contributed by atoms with Crippen LogP contribution in [0.1, 0.15) is 27.2 Å². The molecule has 0 aliphatic heterocycles. The predicted octanol–water partition coefficient (Wildman–Crippen LogP) is 6.15. The number of hydrazone groups is 1. The second kappa shape index (κ2) is 8.93. The normalized spacial score (nSPS) is 11.9. The van der Waals surface area contributed by atoms with E-state index in [0.717, 1.165) is 17.7 Å². The van der Waals surface area contributed by atoms with Crippen LogP contribution in [0.5, 0.6) is 0 Å². The molecule has 32 heavy (non-hydrogen) atoms. The number of nitrogens with one attached hydrogen (secondary N) is 1. The van der Waals surface area contributed by atoms with Gasteiger partial charge in [0.1, 0.15) is 5.76 Å². The van der Waals surface area contributed by atoms with Gasteiger partial charge in [0.15, 0.2) is 5.76 Å². The van der Waals surface area contributed by atoms with Crippen molar-refractivity contribution in [2.75, 3.05) is 0 Å². The number of carbonyl (C=O) groups is 1. The maximum Gasteiger partial charge on any atom is 0.416 e. The SMILES string of the molecule is O=C(N/N=C(/c1ccccc1)c1ccc(C(F)(F)F)cc1)c1ccc(-c2ccccc2)o1. The van der Waals surface area contributed by atoms with Crippen molar-refractivity contribution in [3.63, 3.8) is 0 Å². The molecule has 0 radical (unpaired) electrons. The van der Waals surface area contributed by atoms with E-state index in [4.69, 9.17) is 4.42 Å². The van der Waals surface area contributed by atoms with Crippen LogP contribution in [0.4, 0.5) is 13.2 Å². The second-order valence-corrected chi connectivity index (χ2v) is 6.87. The Labute approximate surface area is 182 Å². The number of hydrogen-bond donors (Lipinski definition) is 1. The highest BCUT2D eigenvalue weighted by Crippen LogP contribution is 2.29. The zero-order valence-corrected chi connectivity index (χ0v) is 16.6. The predicted molar refractivity (Wildman–Crippen MR) is 115 cm³/mol. The van der Waals surface area contributed by atoms with Crippen LogP contribution >= 0.6 is 0 Å². The van der Waals surface area contributed by atoms with Crippen molar-refractivity contribution >= 4 is 11.6 Å². The van der Waals surface area contributed by atoms with Gasteiger partial charge in [0.25, 0.3) is 0 Å². The van der Waals surface area contributed by atoms with Gasteiger partial charge < -0.3 is 4.42 Å². The molecule has 7 heteroatoms. The zero-order valence-electron chi connectivity index (χ0n) is 16.6. The van der Waals surface area contributed by atoms with E-state index in [0.29, 0.717) is 22.6 Å². The summed E-state index contributed by atoms with van der Waals surface area (Å²) in [6.07, 6.45) is -4.44. The smallest absolute Gasteiger partial charge is 0.416 e. The second-order valence-electron chi connectivity index (χ2n) is 6.87. The highest BCUT2D eigenvalue weighted by molar-refractivity contribution is 6.13. The van der Waals surface area contributed by atoms with Gasteiger partial charge >= 0.3 is 12.1 Å². The van der Waals surface area contributed by atoms with Crippen molar-refractivity contribution in [1.82, 2.24) is 5.43 Å². The maximum absolute atomic E-state index is 12.9. The van der Waals surface area contributed by atoms with Gasteiger partial charge in [-0.25, -0.2) is 5.43 Å². The molecule has 160 valence electrons. The summed E-state index contributed by atoms with van der Waals surface area (Å²) in [4.78, 5) is 12.6. The van der Waals surface area contributed by atoms with Gasteiger partial charge in [0, 0.05) is 16.7 Å². The molecular formula is C25H17F3N2O2. The fourth-order valence-electron chi connectivity index (χ4n) is 3.09. The fourth-order valence-corrected chi connectivity index (χ4v) is 3.09. The van der Waals surface area contributed by atoms with Crippen LogP contribution in [0.3, 0.4) is 0 Å². The number of hydrogen-bond acceptors (Lipinski definition) is 3. The molecule has 1 N–H and O–H groups in total. The lowest BCUT2D eigenvalue weighted by molar-refractivity contribution is -0.137. The number of rotatable bonds is 5. The van der Waals surface area contributed by atoms with E-state index in [1.165, 1.54) is 18.2 Å². The molecule has 4 nitrogen and oxygen atoms in total. The summed E-state index contributed by atoms with van der Waals surface area (Å²) in [5.74, 6) is 0.0192. The number of amides is 1. The Morgan fingerprint density at radius 3 is 1.97 bits per heavy atom. The quantitative estimate of drug-likeness (QED) is 0.303. The minimum absolute atomic E-state index is 0.0624. The molecule has 4 rings (SSSR count). The molecule has 1 amide bonds. The number of carbonyl (C=O) groups excluding carboxylic acids is 1. The number of halogens is 3. The number of furan rings is 1. The average molecular weight is 434 g/mol. The summed E-state index contributed by atoms with van der Waals surface area (Å²) in [6.45, 7) is 0. The molecule has 0 aliphatic rings. The van der Waals surface area contributed by atoms with E-state index in [-0.39, 0.29) is 5.76 Å². The van der Waals surface area contributed by atoms with Crippen molar-refractivity contribution in [3.8, 4) is 11.3 Å². The van der Waals surface area contributed by atoms with Gasteiger partial charge in [0.2, 0.25) is 0 Å². The number of nitrogens with zero attached hydrogens (tertiary/aromatic N) is 1. The molecule has 1 aromatic heterocycles. The third-order valence-electron chi connectivity index (χ3n) is 4.69. The highest BCUT2D eigenvalue weighted by Gasteiger charge is 2.30. The third-order valence-corrected chi connectivity index (χ3v) is 4.69. The largest absolute Gasteiger partial charge is 0.451 e. The fraction of sp³-hybridized carbons (Fsp3) is 0.0400. The van der Waals surface area contributed by atoms with E-state index in [1.54, 1.807) is 36.4 Å². The van der Waals surface area contributed by atoms with Gasteiger partial charge in [0.05, 0.1) is 11.3 Å². The Balaban J connectivity index is 1.60. The summed E-state index contributed by atoms with van der Waals surface area (Å²) < 4.78 is 44.4. The maximum atomic E-state index is 12.9. The topological polar surface area (TPSA) is 54.6 Å². The molecule has 4 aromatic rings. The van der Waals surface area contributed by atoms with E-state index in [9.17, 15) is 18.0 Å². The summed E-state index contributed by atoms with van der Waals surface area (Å²) in [7, 11) is 0. The van der Waals surface area contributed by atoms with Gasteiger partial charge in [-0.05, 0) is 24.3 Å². The van der Waals surface area contributed by atoms with Crippen molar-refractivity contribution in [1.29, 1.82) is 0 Å². The molecule has 1 heterocycles. The summed E-state index contributed by atoms with van der Waals surface area (Å²) in [5, 5.41) is 4.19.